The first kappa shape index (κ1) is 17.5. The van der Waals surface area contributed by atoms with Crippen LogP contribution < -0.4 is 11.2 Å². The van der Waals surface area contributed by atoms with E-state index in [2.05, 4.69) is 20.9 Å². The number of nitrogens with zero attached hydrogens (tertiary/aromatic N) is 4. The summed E-state index contributed by atoms with van der Waals surface area (Å²) in [6.07, 6.45) is 5.39. The molecule has 0 spiro atoms. The third-order valence-corrected chi connectivity index (χ3v) is 5.23. The minimum absolute atomic E-state index is 0.295. The van der Waals surface area contributed by atoms with Crippen LogP contribution >= 0.6 is 15.9 Å². The minimum Gasteiger partial charge on any atom is -0.340 e. The topological polar surface area (TPSA) is 61.8 Å². The molecule has 136 valence electrons. The van der Waals surface area contributed by atoms with Crippen LogP contribution in [0.5, 0.6) is 0 Å². The van der Waals surface area contributed by atoms with Crippen molar-refractivity contribution in [3.05, 3.63) is 85.9 Å². The van der Waals surface area contributed by atoms with Crippen LogP contribution in [-0.2, 0) is 20.6 Å². The molecule has 0 N–H and O–H groups in total. The van der Waals surface area contributed by atoms with Crippen molar-refractivity contribution in [3.63, 3.8) is 0 Å². The maximum atomic E-state index is 12.9. The smallest absolute Gasteiger partial charge is 0.330 e. The minimum atomic E-state index is -0.339. The Morgan fingerprint density at radius 1 is 1.04 bits per heavy atom. The molecular formula is C20H17BrN4O2. The Kier molecular flexibility index (Phi) is 4.31. The van der Waals surface area contributed by atoms with Crippen LogP contribution in [0.3, 0.4) is 0 Å². The maximum Gasteiger partial charge on any atom is 0.330 e. The summed E-state index contributed by atoms with van der Waals surface area (Å²) in [5, 5.41) is 0.533. The van der Waals surface area contributed by atoms with Gasteiger partial charge in [-0.1, -0.05) is 34.1 Å². The van der Waals surface area contributed by atoms with E-state index in [1.54, 1.807) is 19.4 Å². The quantitative estimate of drug-likeness (QED) is 0.507. The van der Waals surface area contributed by atoms with E-state index in [0.717, 1.165) is 25.9 Å². The molecule has 6 nitrogen and oxygen atoms in total. The SMILES string of the molecule is Cn1c(=O)c2c(-c3ccc(Br)cc3)n(Cc3cccnc3)cc2n(C)c1=O. The molecule has 27 heavy (non-hydrogen) atoms. The molecule has 0 aliphatic heterocycles. The molecule has 0 aliphatic rings. The van der Waals surface area contributed by atoms with Gasteiger partial charge in [0.1, 0.15) is 0 Å². The molecule has 4 aromatic rings. The van der Waals surface area contributed by atoms with Crippen molar-refractivity contribution < 1.29 is 0 Å². The number of halogens is 1. The van der Waals surface area contributed by atoms with E-state index in [0.29, 0.717) is 17.4 Å². The van der Waals surface area contributed by atoms with Gasteiger partial charge in [-0.25, -0.2) is 4.79 Å². The highest BCUT2D eigenvalue weighted by Crippen LogP contribution is 2.29. The van der Waals surface area contributed by atoms with Gasteiger partial charge < -0.3 is 4.57 Å². The van der Waals surface area contributed by atoms with Crippen molar-refractivity contribution in [1.29, 1.82) is 0 Å². The molecule has 3 aromatic heterocycles. The summed E-state index contributed by atoms with van der Waals surface area (Å²) in [6, 6.07) is 11.7. The van der Waals surface area contributed by atoms with Gasteiger partial charge in [0, 0.05) is 43.7 Å². The second-order valence-electron chi connectivity index (χ2n) is 6.44. The number of hydrogen-bond donors (Lipinski definition) is 0. The van der Waals surface area contributed by atoms with Crippen LogP contribution in [0.2, 0.25) is 0 Å². The largest absolute Gasteiger partial charge is 0.340 e. The number of hydrogen-bond acceptors (Lipinski definition) is 3. The Balaban J connectivity index is 2.07. The van der Waals surface area contributed by atoms with E-state index in [4.69, 9.17) is 0 Å². The third-order valence-electron chi connectivity index (χ3n) is 4.71. The van der Waals surface area contributed by atoms with Crippen LogP contribution in [0.25, 0.3) is 22.2 Å². The Hall–Kier alpha value is -2.93. The van der Waals surface area contributed by atoms with Gasteiger partial charge in [0.05, 0.1) is 16.6 Å². The van der Waals surface area contributed by atoms with Crippen molar-refractivity contribution in [2.75, 3.05) is 0 Å². The highest BCUT2D eigenvalue weighted by atomic mass is 79.9. The molecule has 0 aliphatic carbocycles. The van der Waals surface area contributed by atoms with Crippen molar-refractivity contribution in [3.8, 4) is 11.3 Å². The second-order valence-corrected chi connectivity index (χ2v) is 7.36. The van der Waals surface area contributed by atoms with Gasteiger partial charge in [0.15, 0.2) is 0 Å². The van der Waals surface area contributed by atoms with Crippen LogP contribution in [0.1, 0.15) is 5.56 Å². The highest BCUT2D eigenvalue weighted by Gasteiger charge is 2.19. The molecule has 1 aromatic carbocycles. The van der Waals surface area contributed by atoms with Crippen LogP contribution in [0.4, 0.5) is 0 Å². The summed E-state index contributed by atoms with van der Waals surface area (Å²) >= 11 is 3.45. The highest BCUT2D eigenvalue weighted by molar-refractivity contribution is 9.10. The Morgan fingerprint density at radius 3 is 2.44 bits per heavy atom. The summed E-state index contributed by atoms with van der Waals surface area (Å²) in [5.41, 5.74) is 2.69. The number of aromatic nitrogens is 4. The summed E-state index contributed by atoms with van der Waals surface area (Å²) in [4.78, 5) is 29.5. The lowest BCUT2D eigenvalue weighted by Crippen LogP contribution is -2.36. The van der Waals surface area contributed by atoms with Gasteiger partial charge >= 0.3 is 5.69 Å². The van der Waals surface area contributed by atoms with Crippen molar-refractivity contribution >= 4 is 26.8 Å². The number of rotatable bonds is 3. The molecule has 7 heteroatoms. The van der Waals surface area contributed by atoms with E-state index in [1.165, 1.54) is 11.6 Å². The maximum absolute atomic E-state index is 12.9. The zero-order valence-electron chi connectivity index (χ0n) is 14.9. The molecule has 0 saturated heterocycles. The fourth-order valence-corrected chi connectivity index (χ4v) is 3.58. The lowest BCUT2D eigenvalue weighted by Gasteiger charge is -2.10. The number of aryl methyl sites for hydroxylation is 1. The molecule has 0 bridgehead atoms. The van der Waals surface area contributed by atoms with E-state index in [9.17, 15) is 9.59 Å². The number of benzene rings is 1. The Bertz CT molecular complexity index is 1250. The Morgan fingerprint density at radius 2 is 1.78 bits per heavy atom. The summed E-state index contributed by atoms with van der Waals surface area (Å²) in [6.45, 7) is 0.547. The summed E-state index contributed by atoms with van der Waals surface area (Å²) in [5.74, 6) is 0. The molecular weight excluding hydrogens is 408 g/mol. The normalized spacial score (nSPS) is 11.2. The zero-order chi connectivity index (χ0) is 19.1. The molecule has 0 saturated carbocycles. The molecule has 0 amide bonds. The molecule has 0 atom stereocenters. The van der Waals surface area contributed by atoms with Gasteiger partial charge in [-0.2, -0.15) is 0 Å². The predicted octanol–water partition coefficient (Wildman–Crippen LogP) is 2.91. The molecule has 0 radical (unpaired) electrons. The lowest BCUT2D eigenvalue weighted by atomic mass is 10.1. The first-order chi connectivity index (χ1) is 13.0. The van der Waals surface area contributed by atoms with Crippen LogP contribution in [-0.4, -0.2) is 18.7 Å². The first-order valence-corrected chi connectivity index (χ1v) is 9.20. The number of pyridine rings is 1. The van der Waals surface area contributed by atoms with E-state index < -0.39 is 0 Å². The second kappa shape index (κ2) is 6.66. The molecule has 0 unspecified atom stereocenters. The summed E-state index contributed by atoms with van der Waals surface area (Å²) < 4.78 is 5.63. The van der Waals surface area contributed by atoms with Gasteiger partial charge in [0.25, 0.3) is 5.56 Å². The number of fused-ring (bicyclic) bond motifs is 1. The van der Waals surface area contributed by atoms with Crippen molar-refractivity contribution in [2.24, 2.45) is 14.1 Å². The predicted molar refractivity (Wildman–Crippen MR) is 109 cm³/mol. The first-order valence-electron chi connectivity index (χ1n) is 8.41. The molecule has 4 rings (SSSR count). The van der Waals surface area contributed by atoms with Crippen LogP contribution in [0, 0.1) is 0 Å². The van der Waals surface area contributed by atoms with Gasteiger partial charge in [-0.15, -0.1) is 0 Å². The third kappa shape index (κ3) is 2.94. The van der Waals surface area contributed by atoms with Gasteiger partial charge in [-0.05, 0) is 29.3 Å². The Labute approximate surface area is 163 Å². The standard InChI is InChI=1S/C20H17BrN4O2/c1-23-16-12-25(11-13-4-3-9-22-10-13)18(14-5-7-15(21)8-6-14)17(16)19(26)24(2)20(23)27/h3-10,12H,11H2,1-2H3. The average molecular weight is 425 g/mol. The lowest BCUT2D eigenvalue weighted by molar-refractivity contribution is 0.714. The monoisotopic (exact) mass is 424 g/mol. The zero-order valence-corrected chi connectivity index (χ0v) is 16.5. The van der Waals surface area contributed by atoms with Crippen LogP contribution in [0.15, 0.2) is 69.1 Å². The van der Waals surface area contributed by atoms with E-state index >= 15 is 0 Å². The average Bonchev–Trinajstić information content (AvgIpc) is 3.05. The van der Waals surface area contributed by atoms with E-state index in [1.807, 2.05) is 47.2 Å². The molecule has 3 heterocycles. The van der Waals surface area contributed by atoms with Gasteiger partial charge in [0.2, 0.25) is 0 Å². The fourth-order valence-electron chi connectivity index (χ4n) is 3.32. The van der Waals surface area contributed by atoms with Gasteiger partial charge in [-0.3, -0.25) is 18.9 Å². The van der Waals surface area contributed by atoms with Crippen molar-refractivity contribution in [1.82, 2.24) is 18.7 Å². The van der Waals surface area contributed by atoms with Crippen molar-refractivity contribution in [2.45, 2.75) is 6.54 Å². The summed E-state index contributed by atoms with van der Waals surface area (Å²) in [7, 11) is 3.19. The van der Waals surface area contributed by atoms with E-state index in [-0.39, 0.29) is 11.2 Å². The molecule has 0 fully saturated rings. The fraction of sp³-hybridized carbons (Fsp3) is 0.150.